The molecule has 0 aliphatic heterocycles. The Kier molecular flexibility index (Phi) is 11.1. The van der Waals surface area contributed by atoms with Gasteiger partial charge in [-0.25, -0.2) is 0 Å². The first-order valence-electron chi connectivity index (χ1n) is 5.23. The van der Waals surface area contributed by atoms with Crippen molar-refractivity contribution < 1.29 is 0 Å². The smallest absolute Gasteiger partial charge is 0.0244 e. The van der Waals surface area contributed by atoms with Crippen LogP contribution in [0.25, 0.3) is 0 Å². The summed E-state index contributed by atoms with van der Waals surface area (Å²) in [5, 5.41) is 0. The molecule has 0 amide bonds. The van der Waals surface area contributed by atoms with E-state index in [9.17, 15) is 0 Å². The summed E-state index contributed by atoms with van der Waals surface area (Å²) in [5.41, 5.74) is 3.95. The van der Waals surface area contributed by atoms with E-state index >= 15 is 0 Å². The number of hydrogen-bond donors (Lipinski definition) is 0. The van der Waals surface area contributed by atoms with Gasteiger partial charge in [-0.3, -0.25) is 0 Å². The maximum absolute atomic E-state index is 3.65. The zero-order valence-electron chi connectivity index (χ0n) is 10.5. The molecule has 0 saturated heterocycles. The maximum atomic E-state index is 3.65. The molecule has 0 spiro atoms. The molecule has 0 atom stereocenters. The van der Waals surface area contributed by atoms with Gasteiger partial charge in [0.15, 0.2) is 0 Å². The average Bonchev–Trinajstić information content (AvgIpc) is 2.20. The average molecular weight is 192 g/mol. The Hall–Kier alpha value is -1.04. The molecule has 14 heavy (non-hydrogen) atoms. The van der Waals surface area contributed by atoms with E-state index in [1.54, 1.807) is 6.08 Å². The third kappa shape index (κ3) is 6.47. The Morgan fingerprint density at radius 1 is 1.07 bits per heavy atom. The molecular formula is C14H24. The second-order valence-corrected chi connectivity index (χ2v) is 2.98. The molecule has 0 aromatic carbocycles. The van der Waals surface area contributed by atoms with Crippen LogP contribution in [0, 0.1) is 0 Å². The Balaban J connectivity index is 0. The van der Waals surface area contributed by atoms with Crippen molar-refractivity contribution in [1.82, 2.24) is 0 Å². The quantitative estimate of drug-likeness (QED) is 0.548. The van der Waals surface area contributed by atoms with Crippen molar-refractivity contribution >= 4 is 0 Å². The summed E-state index contributed by atoms with van der Waals surface area (Å²) in [7, 11) is 0. The van der Waals surface area contributed by atoms with Gasteiger partial charge < -0.3 is 0 Å². The van der Waals surface area contributed by atoms with Crippen molar-refractivity contribution in [2.75, 3.05) is 0 Å². The van der Waals surface area contributed by atoms with Crippen molar-refractivity contribution in [3.63, 3.8) is 0 Å². The first kappa shape index (κ1) is 15.4. The van der Waals surface area contributed by atoms with E-state index < -0.39 is 0 Å². The van der Waals surface area contributed by atoms with Gasteiger partial charge in [0, 0.05) is 0 Å². The van der Waals surface area contributed by atoms with Gasteiger partial charge in [0.1, 0.15) is 0 Å². The number of hydrogen-bond acceptors (Lipinski definition) is 0. The van der Waals surface area contributed by atoms with Crippen molar-refractivity contribution in [1.29, 1.82) is 0 Å². The molecule has 0 N–H and O–H groups in total. The van der Waals surface area contributed by atoms with E-state index in [1.807, 2.05) is 19.9 Å². The van der Waals surface area contributed by atoms with Crippen LogP contribution in [-0.4, -0.2) is 0 Å². The topological polar surface area (TPSA) is 0 Å². The SMILES string of the molecule is C=C/C=C\C(=C(C)C)/C(C)=C\C.CC. The lowest BCUT2D eigenvalue weighted by atomic mass is 10.0. The first-order chi connectivity index (χ1) is 6.63. The number of allylic oxidation sites excluding steroid dienone is 7. The Morgan fingerprint density at radius 2 is 1.57 bits per heavy atom. The molecule has 0 unspecified atom stereocenters. The minimum absolute atomic E-state index is 1.30. The molecule has 0 heteroatoms. The van der Waals surface area contributed by atoms with Crippen LogP contribution in [0.4, 0.5) is 0 Å². The van der Waals surface area contributed by atoms with Gasteiger partial charge in [-0.1, -0.05) is 50.3 Å². The predicted molar refractivity (Wildman–Crippen MR) is 68.5 cm³/mol. The highest BCUT2D eigenvalue weighted by molar-refractivity contribution is 5.41. The molecule has 0 aliphatic rings. The van der Waals surface area contributed by atoms with Gasteiger partial charge in [-0.05, 0) is 38.8 Å². The molecule has 0 aromatic heterocycles. The fourth-order valence-electron chi connectivity index (χ4n) is 1.01. The third-order valence-electron chi connectivity index (χ3n) is 1.80. The molecule has 0 fully saturated rings. The molecule has 0 bridgehead atoms. The highest BCUT2D eigenvalue weighted by Crippen LogP contribution is 2.15. The van der Waals surface area contributed by atoms with Crippen LogP contribution in [-0.2, 0) is 0 Å². The summed E-state index contributed by atoms with van der Waals surface area (Å²) in [6.45, 7) is 16.1. The van der Waals surface area contributed by atoms with Crippen LogP contribution in [0.5, 0.6) is 0 Å². The minimum Gasteiger partial charge on any atom is -0.0991 e. The lowest BCUT2D eigenvalue weighted by molar-refractivity contribution is 1.27. The summed E-state index contributed by atoms with van der Waals surface area (Å²) in [6, 6.07) is 0. The molecule has 0 aliphatic carbocycles. The van der Waals surface area contributed by atoms with Crippen molar-refractivity contribution in [3.05, 3.63) is 47.6 Å². The summed E-state index contributed by atoms with van der Waals surface area (Å²) < 4.78 is 0. The highest BCUT2D eigenvalue weighted by Gasteiger charge is 1.95. The number of rotatable bonds is 3. The maximum Gasteiger partial charge on any atom is -0.0244 e. The van der Waals surface area contributed by atoms with E-state index in [4.69, 9.17) is 0 Å². The van der Waals surface area contributed by atoms with Gasteiger partial charge in [0.25, 0.3) is 0 Å². The van der Waals surface area contributed by atoms with E-state index in [0.29, 0.717) is 0 Å². The second-order valence-electron chi connectivity index (χ2n) is 2.98. The van der Waals surface area contributed by atoms with Crippen LogP contribution < -0.4 is 0 Å². The lowest BCUT2D eigenvalue weighted by Gasteiger charge is -2.03. The van der Waals surface area contributed by atoms with Crippen molar-refractivity contribution in [2.24, 2.45) is 0 Å². The van der Waals surface area contributed by atoms with Gasteiger partial charge >= 0.3 is 0 Å². The van der Waals surface area contributed by atoms with Crippen LogP contribution in [0.15, 0.2) is 47.6 Å². The summed E-state index contributed by atoms with van der Waals surface area (Å²) in [6.07, 6.45) is 7.98. The second kappa shape index (κ2) is 10.0. The summed E-state index contributed by atoms with van der Waals surface area (Å²) in [4.78, 5) is 0. The third-order valence-corrected chi connectivity index (χ3v) is 1.80. The Labute approximate surface area is 89.7 Å². The summed E-state index contributed by atoms with van der Waals surface area (Å²) in [5.74, 6) is 0. The first-order valence-corrected chi connectivity index (χ1v) is 5.23. The molecule has 0 heterocycles. The zero-order chi connectivity index (χ0) is 11.6. The van der Waals surface area contributed by atoms with E-state index in [0.717, 1.165) is 0 Å². The van der Waals surface area contributed by atoms with Crippen molar-refractivity contribution in [2.45, 2.75) is 41.5 Å². The van der Waals surface area contributed by atoms with E-state index in [2.05, 4.69) is 46.4 Å². The minimum atomic E-state index is 1.30. The molecule has 0 aromatic rings. The van der Waals surface area contributed by atoms with Gasteiger partial charge in [0.2, 0.25) is 0 Å². The Morgan fingerprint density at radius 3 is 1.86 bits per heavy atom. The molecule has 0 rings (SSSR count). The monoisotopic (exact) mass is 192 g/mol. The molecular weight excluding hydrogens is 168 g/mol. The molecule has 0 nitrogen and oxygen atoms in total. The van der Waals surface area contributed by atoms with Crippen LogP contribution in [0.3, 0.4) is 0 Å². The summed E-state index contributed by atoms with van der Waals surface area (Å²) >= 11 is 0. The molecule has 80 valence electrons. The molecule has 0 saturated carbocycles. The fraction of sp³-hybridized carbons (Fsp3) is 0.429. The normalized spacial score (nSPS) is 10.6. The largest absolute Gasteiger partial charge is 0.0991 e. The van der Waals surface area contributed by atoms with Crippen LogP contribution in [0.2, 0.25) is 0 Å². The Bertz CT molecular complexity index is 233. The standard InChI is InChI=1S/C12H18.C2H6/c1-6-8-9-12(10(3)4)11(5)7-2;1-2/h6-9H,1H2,2-5H3;1-2H3/b9-8-,11-7-;. The van der Waals surface area contributed by atoms with Crippen LogP contribution in [0.1, 0.15) is 41.5 Å². The van der Waals surface area contributed by atoms with Gasteiger partial charge in [-0.15, -0.1) is 0 Å². The lowest BCUT2D eigenvalue weighted by Crippen LogP contribution is -1.83. The fourth-order valence-corrected chi connectivity index (χ4v) is 1.01. The zero-order valence-corrected chi connectivity index (χ0v) is 10.5. The predicted octanol–water partition coefficient (Wildman–Crippen LogP) is 5.06. The van der Waals surface area contributed by atoms with E-state index in [1.165, 1.54) is 16.7 Å². The van der Waals surface area contributed by atoms with Gasteiger partial charge in [0.05, 0.1) is 0 Å². The van der Waals surface area contributed by atoms with Crippen molar-refractivity contribution in [3.8, 4) is 0 Å². The van der Waals surface area contributed by atoms with Crippen LogP contribution >= 0.6 is 0 Å². The molecule has 0 radical (unpaired) electrons. The van der Waals surface area contributed by atoms with E-state index in [-0.39, 0.29) is 0 Å². The van der Waals surface area contributed by atoms with Gasteiger partial charge in [-0.2, -0.15) is 0 Å². The highest BCUT2D eigenvalue weighted by atomic mass is 14.0.